The maximum absolute atomic E-state index is 5.83. The molecule has 1 aromatic carbocycles. The van der Waals surface area contributed by atoms with Gasteiger partial charge in [-0.2, -0.15) is 0 Å². The second-order valence-corrected chi connectivity index (χ2v) is 5.79. The molecule has 2 rings (SSSR count). The molecule has 1 N–H and O–H groups in total. The average molecular weight is 382 g/mol. The summed E-state index contributed by atoms with van der Waals surface area (Å²) in [6.45, 7) is 5.29. The zero-order valence-corrected chi connectivity index (χ0v) is 13.9. The average Bonchev–Trinajstić information content (AvgIpc) is 2.48. The molecule has 0 spiro atoms. The summed E-state index contributed by atoms with van der Waals surface area (Å²) in [5, 5.41) is 3.42. The molecule has 0 saturated heterocycles. The van der Waals surface area contributed by atoms with Crippen LogP contribution < -0.4 is 10.1 Å². The molecule has 2 aromatic rings. The van der Waals surface area contributed by atoms with Crippen LogP contribution in [0.2, 0.25) is 0 Å². The van der Waals surface area contributed by atoms with E-state index in [1.54, 1.807) is 6.20 Å². The van der Waals surface area contributed by atoms with E-state index in [0.717, 1.165) is 33.7 Å². The minimum atomic E-state index is 0.265. The van der Waals surface area contributed by atoms with Gasteiger partial charge < -0.3 is 10.1 Å². The molecule has 0 aliphatic heterocycles. The highest BCUT2D eigenvalue weighted by molar-refractivity contribution is 14.1. The van der Waals surface area contributed by atoms with Gasteiger partial charge in [0.05, 0.1) is 15.5 Å². The quantitative estimate of drug-likeness (QED) is 0.745. The van der Waals surface area contributed by atoms with Gasteiger partial charge in [-0.1, -0.05) is 19.1 Å². The van der Waals surface area contributed by atoms with Gasteiger partial charge in [-0.25, -0.2) is 0 Å². The van der Waals surface area contributed by atoms with Crippen LogP contribution >= 0.6 is 22.6 Å². The van der Waals surface area contributed by atoms with Gasteiger partial charge in [0.2, 0.25) is 0 Å². The molecule has 3 nitrogen and oxygen atoms in total. The van der Waals surface area contributed by atoms with Crippen molar-refractivity contribution in [3.05, 3.63) is 51.9 Å². The zero-order chi connectivity index (χ0) is 14.4. The maximum atomic E-state index is 5.83. The van der Waals surface area contributed by atoms with Crippen molar-refractivity contribution >= 4 is 22.6 Å². The van der Waals surface area contributed by atoms with Crippen LogP contribution in [-0.4, -0.2) is 11.5 Å². The van der Waals surface area contributed by atoms with Crippen molar-refractivity contribution < 1.29 is 4.74 Å². The number of rotatable bonds is 6. The minimum absolute atomic E-state index is 0.265. The molecule has 4 heteroatoms. The number of nitrogens with one attached hydrogen (secondary N) is 1. The number of halogens is 1. The van der Waals surface area contributed by atoms with Crippen molar-refractivity contribution in [1.29, 1.82) is 0 Å². The summed E-state index contributed by atoms with van der Waals surface area (Å²) in [7, 11) is 0. The van der Waals surface area contributed by atoms with Crippen LogP contribution in [0.4, 0.5) is 0 Å². The Morgan fingerprint density at radius 1 is 1.25 bits per heavy atom. The van der Waals surface area contributed by atoms with Crippen LogP contribution in [0.25, 0.3) is 0 Å². The second kappa shape index (κ2) is 7.59. The normalized spacial score (nSPS) is 12.2. The predicted octanol–water partition coefficient (Wildman–Crippen LogP) is 4.54. The van der Waals surface area contributed by atoms with Crippen molar-refractivity contribution in [2.75, 3.05) is 6.54 Å². The molecule has 106 valence electrons. The highest BCUT2D eigenvalue weighted by Crippen LogP contribution is 2.26. The van der Waals surface area contributed by atoms with Crippen molar-refractivity contribution in [2.24, 2.45) is 0 Å². The Bertz CT molecular complexity index is 542. The molecule has 0 aliphatic carbocycles. The summed E-state index contributed by atoms with van der Waals surface area (Å²) in [6.07, 6.45) is 2.90. The summed E-state index contributed by atoms with van der Waals surface area (Å²) in [6, 6.07) is 12.2. The number of aromatic nitrogens is 1. The molecule has 0 radical (unpaired) electrons. The van der Waals surface area contributed by atoms with Gasteiger partial charge in [-0.3, -0.25) is 4.98 Å². The molecule has 0 fully saturated rings. The standard InChI is InChI=1S/C16H19IN2O/c1-3-10-18-12(2)15-9-8-13(11-19-15)20-16-7-5-4-6-14(16)17/h4-9,11-12,18H,3,10H2,1-2H3. The predicted molar refractivity (Wildman–Crippen MR) is 90.2 cm³/mol. The third-order valence-corrected chi connectivity index (χ3v) is 3.86. The Hall–Kier alpha value is -1.14. The Morgan fingerprint density at radius 3 is 2.70 bits per heavy atom. The third-order valence-electron chi connectivity index (χ3n) is 2.97. The number of hydrogen-bond donors (Lipinski definition) is 1. The van der Waals surface area contributed by atoms with Gasteiger partial charge in [-0.15, -0.1) is 0 Å². The van der Waals surface area contributed by atoms with E-state index in [2.05, 4.69) is 46.7 Å². The number of hydrogen-bond acceptors (Lipinski definition) is 3. The van der Waals surface area contributed by atoms with Crippen molar-refractivity contribution in [3.63, 3.8) is 0 Å². The number of para-hydroxylation sites is 1. The molecule has 0 amide bonds. The smallest absolute Gasteiger partial charge is 0.145 e. The lowest BCUT2D eigenvalue weighted by Gasteiger charge is -2.13. The van der Waals surface area contributed by atoms with Gasteiger partial charge in [0, 0.05) is 6.04 Å². The lowest BCUT2D eigenvalue weighted by Crippen LogP contribution is -2.20. The first-order valence-electron chi connectivity index (χ1n) is 6.82. The maximum Gasteiger partial charge on any atom is 0.145 e. The molecule has 0 saturated carbocycles. The van der Waals surface area contributed by atoms with Crippen molar-refractivity contribution in [2.45, 2.75) is 26.3 Å². The van der Waals surface area contributed by atoms with E-state index in [-0.39, 0.29) is 6.04 Å². The molecule has 1 atom stereocenters. The van der Waals surface area contributed by atoms with E-state index >= 15 is 0 Å². The molecular formula is C16H19IN2O. The topological polar surface area (TPSA) is 34.1 Å². The Balaban J connectivity index is 2.03. The largest absolute Gasteiger partial charge is 0.455 e. The third kappa shape index (κ3) is 4.18. The van der Waals surface area contributed by atoms with Crippen molar-refractivity contribution in [3.8, 4) is 11.5 Å². The van der Waals surface area contributed by atoms with Gasteiger partial charge in [-0.05, 0) is 66.7 Å². The van der Waals surface area contributed by atoms with E-state index in [0.29, 0.717) is 0 Å². The van der Waals surface area contributed by atoms with E-state index in [1.807, 2.05) is 36.4 Å². The van der Waals surface area contributed by atoms with E-state index in [4.69, 9.17) is 4.74 Å². The molecule has 20 heavy (non-hydrogen) atoms. The van der Waals surface area contributed by atoms with Gasteiger partial charge in [0.15, 0.2) is 0 Å². The first-order valence-corrected chi connectivity index (χ1v) is 7.90. The van der Waals surface area contributed by atoms with Gasteiger partial charge in [0.1, 0.15) is 11.5 Å². The fourth-order valence-corrected chi connectivity index (χ4v) is 2.33. The summed E-state index contributed by atoms with van der Waals surface area (Å²) in [5.41, 5.74) is 1.04. The van der Waals surface area contributed by atoms with Crippen LogP contribution in [0.1, 0.15) is 32.0 Å². The summed E-state index contributed by atoms with van der Waals surface area (Å²) in [4.78, 5) is 4.47. The molecule has 1 heterocycles. The summed E-state index contributed by atoms with van der Waals surface area (Å²) >= 11 is 2.26. The number of ether oxygens (including phenoxy) is 1. The molecule has 0 bridgehead atoms. The van der Waals surface area contributed by atoms with Crippen molar-refractivity contribution in [1.82, 2.24) is 10.3 Å². The summed E-state index contributed by atoms with van der Waals surface area (Å²) in [5.74, 6) is 1.63. The minimum Gasteiger partial charge on any atom is -0.455 e. The number of nitrogens with zero attached hydrogens (tertiary/aromatic N) is 1. The molecular weight excluding hydrogens is 363 g/mol. The van der Waals surface area contributed by atoms with E-state index in [9.17, 15) is 0 Å². The van der Waals surface area contributed by atoms with Crippen LogP contribution in [0.15, 0.2) is 42.6 Å². The number of pyridine rings is 1. The molecule has 0 aliphatic rings. The van der Waals surface area contributed by atoms with E-state index < -0.39 is 0 Å². The van der Waals surface area contributed by atoms with Crippen LogP contribution in [0, 0.1) is 3.57 Å². The monoisotopic (exact) mass is 382 g/mol. The van der Waals surface area contributed by atoms with Crippen LogP contribution in [-0.2, 0) is 0 Å². The van der Waals surface area contributed by atoms with Crippen LogP contribution in [0.3, 0.4) is 0 Å². The fraction of sp³-hybridized carbons (Fsp3) is 0.312. The number of benzene rings is 1. The fourth-order valence-electron chi connectivity index (χ4n) is 1.83. The lowest BCUT2D eigenvalue weighted by atomic mass is 10.2. The lowest BCUT2D eigenvalue weighted by molar-refractivity contribution is 0.474. The second-order valence-electron chi connectivity index (χ2n) is 4.63. The molecule has 1 unspecified atom stereocenters. The Kier molecular flexibility index (Phi) is 5.79. The first kappa shape index (κ1) is 15.3. The summed E-state index contributed by atoms with van der Waals surface area (Å²) < 4.78 is 6.92. The highest BCUT2D eigenvalue weighted by atomic mass is 127. The highest BCUT2D eigenvalue weighted by Gasteiger charge is 2.07. The van der Waals surface area contributed by atoms with E-state index in [1.165, 1.54) is 0 Å². The zero-order valence-electron chi connectivity index (χ0n) is 11.8. The first-order chi connectivity index (χ1) is 9.70. The SMILES string of the molecule is CCCNC(C)c1ccc(Oc2ccccc2I)cn1. The Morgan fingerprint density at radius 2 is 2.05 bits per heavy atom. The van der Waals surface area contributed by atoms with Gasteiger partial charge >= 0.3 is 0 Å². The van der Waals surface area contributed by atoms with Crippen LogP contribution in [0.5, 0.6) is 11.5 Å². The Labute approximate surface area is 133 Å². The van der Waals surface area contributed by atoms with Gasteiger partial charge in [0.25, 0.3) is 0 Å². The molecule has 1 aromatic heterocycles.